The van der Waals surface area contributed by atoms with Crippen LogP contribution in [0.25, 0.3) is 28.2 Å². The number of aromatic hydroxyl groups is 1. The van der Waals surface area contributed by atoms with E-state index in [-0.39, 0.29) is 17.4 Å². The second kappa shape index (κ2) is 7.83. The van der Waals surface area contributed by atoms with Crippen molar-refractivity contribution in [3.63, 3.8) is 0 Å². The lowest BCUT2D eigenvalue weighted by Gasteiger charge is -2.11. The largest absolute Gasteiger partial charge is 0.492 e. The Balaban J connectivity index is 1.47. The molecule has 10 nitrogen and oxygen atoms in total. The van der Waals surface area contributed by atoms with Crippen molar-refractivity contribution in [3.05, 3.63) is 77.4 Å². The molecule has 0 fully saturated rings. The molecule has 0 saturated carbocycles. The summed E-state index contributed by atoms with van der Waals surface area (Å²) < 4.78 is 2.82. The summed E-state index contributed by atoms with van der Waals surface area (Å²) in [5.41, 5.74) is 6.00. The number of benzene rings is 1. The normalized spacial score (nSPS) is 11.2. The van der Waals surface area contributed by atoms with Gasteiger partial charge in [0.15, 0.2) is 0 Å². The Bertz CT molecular complexity index is 1520. The summed E-state index contributed by atoms with van der Waals surface area (Å²) >= 11 is 0. The molecule has 2 N–H and O–H groups in total. The Labute approximate surface area is 187 Å². The lowest BCUT2D eigenvalue weighted by atomic mass is 9.99. The van der Waals surface area contributed by atoms with Crippen LogP contribution in [0, 0.1) is 13.8 Å². The Morgan fingerprint density at radius 3 is 2.64 bits per heavy atom. The molecule has 1 aromatic carbocycles. The van der Waals surface area contributed by atoms with E-state index in [1.165, 1.54) is 23.3 Å². The van der Waals surface area contributed by atoms with Gasteiger partial charge in [-0.25, -0.2) is 14.5 Å². The van der Waals surface area contributed by atoms with Crippen LogP contribution in [0.3, 0.4) is 0 Å². The standard InChI is InChI=1S/C23H19N7O3/c1-13-4-3-7-24-19(13)17-6-5-15(8-14(17)2)11-29-20-18(10-26-29)27-23(28-21(20)31)30-12-16(9-25-30)22(32)33/h3-10,12H,11H2,1-2H3,(H,32,33)(H,27,28,31). The van der Waals surface area contributed by atoms with Crippen LogP contribution < -0.4 is 0 Å². The highest BCUT2D eigenvalue weighted by Gasteiger charge is 2.16. The number of hydrogen-bond donors (Lipinski definition) is 2. The highest BCUT2D eigenvalue weighted by atomic mass is 16.4. The van der Waals surface area contributed by atoms with Crippen LogP contribution in [0.4, 0.5) is 0 Å². The first-order valence-electron chi connectivity index (χ1n) is 10.1. The van der Waals surface area contributed by atoms with Crippen molar-refractivity contribution in [2.45, 2.75) is 20.4 Å². The smallest absolute Gasteiger partial charge is 0.338 e. The van der Waals surface area contributed by atoms with Crippen LogP contribution in [0.5, 0.6) is 5.88 Å². The number of hydrogen-bond acceptors (Lipinski definition) is 7. The summed E-state index contributed by atoms with van der Waals surface area (Å²) in [6.45, 7) is 4.48. The average Bonchev–Trinajstić information content (AvgIpc) is 3.43. The molecule has 164 valence electrons. The second-order valence-electron chi connectivity index (χ2n) is 7.68. The molecule has 0 unspecified atom stereocenters. The average molecular weight is 441 g/mol. The van der Waals surface area contributed by atoms with Gasteiger partial charge in [-0.3, -0.25) is 9.67 Å². The molecule has 4 aromatic heterocycles. The first-order chi connectivity index (χ1) is 15.9. The SMILES string of the molecule is Cc1cc(Cn2ncc3nc(-n4cc(C(=O)O)cn4)nc(O)c32)ccc1-c1ncccc1C. The summed E-state index contributed by atoms with van der Waals surface area (Å²) in [7, 11) is 0. The minimum Gasteiger partial charge on any atom is -0.492 e. The molecule has 0 radical (unpaired) electrons. The lowest BCUT2D eigenvalue weighted by Crippen LogP contribution is -2.05. The van der Waals surface area contributed by atoms with Crippen molar-refractivity contribution in [2.24, 2.45) is 0 Å². The minimum atomic E-state index is -1.11. The summed E-state index contributed by atoms with van der Waals surface area (Å²) in [5.74, 6) is -1.32. The second-order valence-corrected chi connectivity index (χ2v) is 7.68. The number of rotatable bonds is 5. The topological polar surface area (TPSA) is 132 Å². The fourth-order valence-corrected chi connectivity index (χ4v) is 3.76. The number of aryl methyl sites for hydroxylation is 2. The minimum absolute atomic E-state index is 0.00593. The van der Waals surface area contributed by atoms with Gasteiger partial charge in [0.1, 0.15) is 11.0 Å². The third-order valence-electron chi connectivity index (χ3n) is 5.38. The summed E-state index contributed by atoms with van der Waals surface area (Å²) in [5, 5.41) is 28.0. The van der Waals surface area contributed by atoms with Crippen LogP contribution in [-0.2, 0) is 6.54 Å². The van der Waals surface area contributed by atoms with Gasteiger partial charge in [0.25, 0.3) is 5.95 Å². The van der Waals surface area contributed by atoms with Crippen LogP contribution in [0.15, 0.2) is 55.1 Å². The number of carbonyl (C=O) groups is 1. The van der Waals surface area contributed by atoms with Crippen molar-refractivity contribution >= 4 is 17.0 Å². The van der Waals surface area contributed by atoms with Gasteiger partial charge < -0.3 is 10.2 Å². The molecule has 0 saturated heterocycles. The Hall–Kier alpha value is -4.60. The fraction of sp³-hybridized carbons (Fsp3) is 0.130. The van der Waals surface area contributed by atoms with E-state index in [9.17, 15) is 9.90 Å². The highest BCUT2D eigenvalue weighted by Crippen LogP contribution is 2.27. The Morgan fingerprint density at radius 2 is 1.91 bits per heavy atom. The maximum Gasteiger partial charge on any atom is 0.338 e. The maximum atomic E-state index is 11.1. The summed E-state index contributed by atoms with van der Waals surface area (Å²) in [4.78, 5) is 24.0. The third-order valence-corrected chi connectivity index (χ3v) is 5.38. The van der Waals surface area contributed by atoms with E-state index in [1.807, 2.05) is 38.1 Å². The molecule has 5 aromatic rings. The lowest BCUT2D eigenvalue weighted by molar-refractivity contribution is 0.0697. The molecule has 4 heterocycles. The number of pyridine rings is 1. The number of aromatic nitrogens is 7. The number of fused-ring (bicyclic) bond motifs is 1. The molecule has 33 heavy (non-hydrogen) atoms. The van der Waals surface area contributed by atoms with Gasteiger partial charge in [0.2, 0.25) is 5.88 Å². The zero-order valence-corrected chi connectivity index (χ0v) is 17.8. The van der Waals surface area contributed by atoms with Gasteiger partial charge in [-0.05, 0) is 36.6 Å². The van der Waals surface area contributed by atoms with Crippen LogP contribution >= 0.6 is 0 Å². The van der Waals surface area contributed by atoms with E-state index >= 15 is 0 Å². The molecule has 0 aliphatic rings. The molecule has 5 rings (SSSR count). The molecule has 0 bridgehead atoms. The maximum absolute atomic E-state index is 11.1. The zero-order chi connectivity index (χ0) is 23.1. The third kappa shape index (κ3) is 3.67. The Kier molecular flexibility index (Phi) is 4.82. The van der Waals surface area contributed by atoms with E-state index < -0.39 is 5.97 Å². The zero-order valence-electron chi connectivity index (χ0n) is 17.8. The molecule has 0 spiro atoms. The van der Waals surface area contributed by atoms with E-state index in [4.69, 9.17) is 5.11 Å². The van der Waals surface area contributed by atoms with Gasteiger partial charge in [-0.15, -0.1) is 0 Å². The summed E-state index contributed by atoms with van der Waals surface area (Å²) in [6, 6.07) is 10.1. The van der Waals surface area contributed by atoms with E-state index in [0.29, 0.717) is 17.6 Å². The van der Waals surface area contributed by atoms with Gasteiger partial charge >= 0.3 is 5.97 Å². The fourth-order valence-electron chi connectivity index (χ4n) is 3.76. The molecule has 0 aliphatic heterocycles. The molecule has 10 heteroatoms. The number of carboxylic acids is 1. The predicted octanol–water partition coefficient (Wildman–Crippen LogP) is 3.14. The van der Waals surface area contributed by atoms with E-state index in [1.54, 1.807) is 10.9 Å². The molecule has 0 atom stereocenters. The monoisotopic (exact) mass is 441 g/mol. The van der Waals surface area contributed by atoms with Gasteiger partial charge in [0, 0.05) is 18.0 Å². The Morgan fingerprint density at radius 1 is 1.06 bits per heavy atom. The van der Waals surface area contributed by atoms with E-state index in [2.05, 4.69) is 31.2 Å². The van der Waals surface area contributed by atoms with Crippen molar-refractivity contribution in [3.8, 4) is 23.1 Å². The van der Waals surface area contributed by atoms with Crippen LogP contribution in [0.2, 0.25) is 0 Å². The van der Waals surface area contributed by atoms with Crippen LogP contribution in [0.1, 0.15) is 27.0 Å². The van der Waals surface area contributed by atoms with Crippen molar-refractivity contribution in [1.82, 2.24) is 34.5 Å². The molecular weight excluding hydrogens is 422 g/mol. The van der Waals surface area contributed by atoms with Gasteiger partial charge in [0.05, 0.1) is 30.2 Å². The number of carboxylic acid groups (broad SMARTS) is 1. The number of aromatic carboxylic acids is 1. The predicted molar refractivity (Wildman–Crippen MR) is 119 cm³/mol. The highest BCUT2D eigenvalue weighted by molar-refractivity contribution is 5.87. The first kappa shape index (κ1) is 20.3. The molecule has 0 aliphatic carbocycles. The van der Waals surface area contributed by atoms with Crippen molar-refractivity contribution in [1.29, 1.82) is 0 Å². The van der Waals surface area contributed by atoms with Crippen molar-refractivity contribution in [2.75, 3.05) is 0 Å². The molecular formula is C23H19N7O3. The van der Waals surface area contributed by atoms with E-state index in [0.717, 1.165) is 27.9 Å². The first-order valence-corrected chi connectivity index (χ1v) is 10.1. The van der Waals surface area contributed by atoms with Crippen LogP contribution in [-0.4, -0.2) is 50.7 Å². The summed E-state index contributed by atoms with van der Waals surface area (Å²) in [6.07, 6.45) is 5.78. The van der Waals surface area contributed by atoms with Gasteiger partial charge in [-0.2, -0.15) is 15.2 Å². The quantitative estimate of drug-likeness (QED) is 0.425. The number of nitrogens with zero attached hydrogens (tertiary/aromatic N) is 7. The molecule has 0 amide bonds. The van der Waals surface area contributed by atoms with Gasteiger partial charge in [-0.1, -0.05) is 24.3 Å². The van der Waals surface area contributed by atoms with Crippen molar-refractivity contribution < 1.29 is 15.0 Å².